The number of aromatic nitrogens is 2. The van der Waals surface area contributed by atoms with E-state index in [4.69, 9.17) is 16.3 Å². The number of anilines is 1. The Bertz CT molecular complexity index is 1620. The fraction of sp³-hybridized carbons (Fsp3) is 0.364. The minimum Gasteiger partial charge on any atom is -0.394 e. The lowest BCUT2D eigenvalue weighted by Crippen LogP contribution is -2.48. The molecule has 0 aliphatic carbocycles. The van der Waals surface area contributed by atoms with E-state index in [9.17, 15) is 14.7 Å². The zero-order chi connectivity index (χ0) is 30.6. The Morgan fingerprint density at radius 1 is 1.20 bits per heavy atom. The van der Waals surface area contributed by atoms with Crippen molar-refractivity contribution < 1.29 is 19.4 Å². The summed E-state index contributed by atoms with van der Waals surface area (Å²) in [4.78, 5) is 42.8. The molecule has 44 heavy (non-hydrogen) atoms. The van der Waals surface area contributed by atoms with Gasteiger partial charge >= 0.3 is 0 Å². The van der Waals surface area contributed by atoms with Crippen molar-refractivity contribution >= 4 is 35.6 Å². The summed E-state index contributed by atoms with van der Waals surface area (Å²) in [6, 6.07) is 12.0. The number of allylic oxidation sites excluding steroid dienone is 1. The molecule has 0 spiro atoms. The number of halogens is 1. The summed E-state index contributed by atoms with van der Waals surface area (Å²) in [6.07, 6.45) is 8.00. The van der Waals surface area contributed by atoms with Crippen LogP contribution in [0.1, 0.15) is 58.8 Å². The van der Waals surface area contributed by atoms with Crippen molar-refractivity contribution in [2.24, 2.45) is 4.99 Å². The van der Waals surface area contributed by atoms with Crippen LogP contribution in [0.5, 0.6) is 0 Å². The number of nitrogens with one attached hydrogen (secondary N) is 2. The van der Waals surface area contributed by atoms with Crippen molar-refractivity contribution in [3.05, 3.63) is 87.7 Å². The van der Waals surface area contributed by atoms with Crippen LogP contribution in [0.15, 0.2) is 65.4 Å². The first-order chi connectivity index (χ1) is 21.4. The second kappa shape index (κ2) is 13.3. The van der Waals surface area contributed by atoms with Crippen molar-refractivity contribution in [2.45, 2.75) is 57.3 Å². The number of carbonyl (C=O) groups excluding carboxylic acids is 2. The number of nitrogens with zero attached hydrogens (tertiary/aromatic N) is 4. The van der Waals surface area contributed by atoms with Gasteiger partial charge in [-0.1, -0.05) is 59.6 Å². The molecule has 3 aliphatic heterocycles. The lowest BCUT2D eigenvalue weighted by atomic mass is 10.0. The smallest absolute Gasteiger partial charge is 0.255 e. The average Bonchev–Trinajstić information content (AvgIpc) is 3.67. The van der Waals surface area contributed by atoms with E-state index in [1.807, 2.05) is 49.4 Å². The fourth-order valence-electron chi connectivity index (χ4n) is 5.87. The highest BCUT2D eigenvalue weighted by Gasteiger charge is 2.38. The van der Waals surface area contributed by atoms with Gasteiger partial charge in [0.15, 0.2) is 0 Å². The zero-order valence-corrected chi connectivity index (χ0v) is 25.3. The van der Waals surface area contributed by atoms with Crippen LogP contribution in [0.2, 0.25) is 5.02 Å². The molecular weight excluding hydrogens is 580 g/mol. The number of aliphatic hydroxyl groups excluding tert-OH is 1. The third kappa shape index (κ3) is 6.52. The Morgan fingerprint density at radius 3 is 2.80 bits per heavy atom. The van der Waals surface area contributed by atoms with Gasteiger partial charge in [-0.2, -0.15) is 0 Å². The molecular formula is C33H35ClN6O4. The van der Waals surface area contributed by atoms with Crippen LogP contribution in [0, 0.1) is 6.92 Å². The molecule has 1 saturated heterocycles. The first-order valence-electron chi connectivity index (χ1n) is 14.9. The molecule has 2 amide bonds. The number of carbonyl (C=O) groups is 2. The number of aliphatic imine (C=N–C) groups is 1. The Hall–Kier alpha value is -4.12. The summed E-state index contributed by atoms with van der Waals surface area (Å²) < 4.78 is 5.44. The van der Waals surface area contributed by atoms with Gasteiger partial charge in [-0.25, -0.2) is 9.97 Å². The third-order valence-electron chi connectivity index (χ3n) is 8.25. The first kappa shape index (κ1) is 29.9. The maximum absolute atomic E-state index is 13.9. The van der Waals surface area contributed by atoms with Gasteiger partial charge < -0.3 is 25.4 Å². The fourth-order valence-corrected chi connectivity index (χ4v) is 6.07. The highest BCUT2D eigenvalue weighted by atomic mass is 35.5. The zero-order valence-electron chi connectivity index (χ0n) is 24.5. The highest BCUT2D eigenvalue weighted by molar-refractivity contribution is 6.33. The number of amides is 2. The second-order valence-corrected chi connectivity index (χ2v) is 11.8. The molecule has 0 radical (unpaired) electrons. The van der Waals surface area contributed by atoms with E-state index in [0.29, 0.717) is 47.4 Å². The van der Waals surface area contributed by atoms with Crippen LogP contribution in [0.4, 0.5) is 5.95 Å². The maximum Gasteiger partial charge on any atom is 0.255 e. The Labute approximate surface area is 261 Å². The van der Waals surface area contributed by atoms with E-state index in [-0.39, 0.29) is 37.4 Å². The molecule has 10 nitrogen and oxygen atoms in total. The maximum atomic E-state index is 13.9. The standard InChI is InChI=1S/C33H35ClN6O4/c1-20-4-2-5-21(14-20)28(19-41)38-31(42)29(16-25-6-3-11-35-25)40-18-23-8-7-22(15-26(23)32(40)43)30-27(34)17-36-33(39-30)37-24-9-12-44-13-10-24/h2,4-8,11,14-15,17,24,28-29,41H,3,9-10,12-13,16,18-19H2,1H3,(H,38,42)(H,36,37,39)/t28?,29-/m1/s1. The number of aryl methyl sites for hydroxylation is 1. The SMILES string of the molecule is Cc1cccc(C(CO)NC(=O)[C@@H](CC2=CCC=N2)N2Cc3ccc(-c4nc(NC5CCOCC5)ncc4Cl)cc3C2=O)c1. The largest absolute Gasteiger partial charge is 0.394 e. The molecule has 1 unspecified atom stereocenters. The molecule has 6 rings (SSSR count). The van der Waals surface area contributed by atoms with Gasteiger partial charge in [0.2, 0.25) is 11.9 Å². The molecule has 3 aliphatic rings. The molecule has 1 fully saturated rings. The number of rotatable bonds is 10. The van der Waals surface area contributed by atoms with Crippen molar-refractivity contribution in [1.82, 2.24) is 20.2 Å². The van der Waals surface area contributed by atoms with E-state index in [2.05, 4.69) is 25.6 Å². The van der Waals surface area contributed by atoms with Crippen LogP contribution in [-0.2, 0) is 16.1 Å². The Balaban J connectivity index is 1.25. The number of fused-ring (bicyclic) bond motifs is 1. The number of aliphatic hydroxyl groups is 1. The topological polar surface area (TPSA) is 129 Å². The third-order valence-corrected chi connectivity index (χ3v) is 8.53. The van der Waals surface area contributed by atoms with E-state index in [0.717, 1.165) is 35.2 Å². The molecule has 3 aromatic rings. The van der Waals surface area contributed by atoms with Gasteiger partial charge in [-0.05, 0) is 37.0 Å². The normalized spacial score (nSPS) is 17.8. The summed E-state index contributed by atoms with van der Waals surface area (Å²) in [5, 5.41) is 16.9. The van der Waals surface area contributed by atoms with Gasteiger partial charge in [0.1, 0.15) is 6.04 Å². The minimum atomic E-state index is -0.823. The Kier molecular flexibility index (Phi) is 9.02. The minimum absolute atomic E-state index is 0.215. The molecule has 1 aromatic heterocycles. The van der Waals surface area contributed by atoms with Gasteiger partial charge in [0, 0.05) is 61.7 Å². The quantitative estimate of drug-likeness (QED) is 0.304. The van der Waals surface area contributed by atoms with Crippen molar-refractivity contribution in [3.8, 4) is 11.3 Å². The molecule has 228 valence electrons. The molecule has 2 aromatic carbocycles. The lowest BCUT2D eigenvalue weighted by Gasteiger charge is -2.29. The summed E-state index contributed by atoms with van der Waals surface area (Å²) >= 11 is 6.54. The molecule has 11 heteroatoms. The summed E-state index contributed by atoms with van der Waals surface area (Å²) in [5.41, 5.74) is 5.08. The van der Waals surface area contributed by atoms with Crippen LogP contribution >= 0.6 is 11.6 Å². The average molecular weight is 615 g/mol. The van der Waals surface area contributed by atoms with Crippen molar-refractivity contribution in [2.75, 3.05) is 25.1 Å². The van der Waals surface area contributed by atoms with Gasteiger partial charge in [-0.15, -0.1) is 0 Å². The molecule has 0 bridgehead atoms. The molecule has 2 atom stereocenters. The number of ether oxygens (including phenoxy) is 1. The number of hydrogen-bond donors (Lipinski definition) is 3. The van der Waals surface area contributed by atoms with E-state index < -0.39 is 12.1 Å². The first-order valence-corrected chi connectivity index (χ1v) is 15.3. The summed E-state index contributed by atoms with van der Waals surface area (Å²) in [5.74, 6) is -0.136. The number of hydrogen-bond acceptors (Lipinski definition) is 8. The molecule has 4 heterocycles. The lowest BCUT2D eigenvalue weighted by molar-refractivity contribution is -0.126. The molecule has 3 N–H and O–H groups in total. The van der Waals surface area contributed by atoms with Crippen LogP contribution in [0.3, 0.4) is 0 Å². The Morgan fingerprint density at radius 2 is 2.05 bits per heavy atom. The van der Waals surface area contributed by atoms with Gasteiger partial charge in [-0.3, -0.25) is 14.6 Å². The van der Waals surface area contributed by atoms with E-state index in [1.54, 1.807) is 23.4 Å². The van der Waals surface area contributed by atoms with Crippen molar-refractivity contribution in [3.63, 3.8) is 0 Å². The summed E-state index contributed by atoms with van der Waals surface area (Å²) in [7, 11) is 0. The number of benzene rings is 2. The predicted molar refractivity (Wildman–Crippen MR) is 169 cm³/mol. The second-order valence-electron chi connectivity index (χ2n) is 11.3. The van der Waals surface area contributed by atoms with Crippen molar-refractivity contribution in [1.29, 1.82) is 0 Å². The monoisotopic (exact) mass is 614 g/mol. The molecule has 0 saturated carbocycles. The highest BCUT2D eigenvalue weighted by Crippen LogP contribution is 2.34. The van der Waals surface area contributed by atoms with E-state index in [1.165, 1.54) is 0 Å². The van der Waals surface area contributed by atoms with Crippen LogP contribution < -0.4 is 10.6 Å². The van der Waals surface area contributed by atoms with Gasteiger partial charge in [0.25, 0.3) is 5.91 Å². The van der Waals surface area contributed by atoms with Crippen LogP contribution in [0.25, 0.3) is 11.3 Å². The predicted octanol–water partition coefficient (Wildman–Crippen LogP) is 4.62. The van der Waals surface area contributed by atoms with E-state index >= 15 is 0 Å². The van der Waals surface area contributed by atoms with Gasteiger partial charge in [0.05, 0.1) is 29.6 Å². The summed E-state index contributed by atoms with van der Waals surface area (Å²) in [6.45, 7) is 3.34. The van der Waals surface area contributed by atoms with Crippen LogP contribution in [-0.4, -0.2) is 69.9 Å².